The number of ketones is 1. The molecule has 4 aromatic rings. The lowest BCUT2D eigenvalue weighted by Gasteiger charge is -2.35. The van der Waals surface area contributed by atoms with Gasteiger partial charge in [-0.25, -0.2) is 9.37 Å². The van der Waals surface area contributed by atoms with E-state index in [0.29, 0.717) is 46.7 Å². The zero-order valence-electron chi connectivity index (χ0n) is 19.2. The number of aromatic nitrogens is 2. The van der Waals surface area contributed by atoms with Crippen molar-refractivity contribution in [2.75, 3.05) is 30.8 Å². The second-order valence-corrected chi connectivity index (χ2v) is 9.53. The van der Waals surface area contributed by atoms with Gasteiger partial charge in [0, 0.05) is 30.9 Å². The number of nitrogens with one attached hydrogen (secondary N) is 3. The van der Waals surface area contributed by atoms with E-state index in [-0.39, 0.29) is 28.0 Å². The molecule has 2 aromatic carbocycles. The molecule has 0 aliphatic carbocycles. The number of H-pyrrole nitrogens is 1. The van der Waals surface area contributed by atoms with Crippen molar-refractivity contribution in [2.45, 2.75) is 12.0 Å². The van der Waals surface area contributed by atoms with Gasteiger partial charge in [0.1, 0.15) is 16.9 Å². The highest BCUT2D eigenvalue weighted by atomic mass is 35.5. The van der Waals surface area contributed by atoms with Gasteiger partial charge < -0.3 is 25.3 Å². The summed E-state index contributed by atoms with van der Waals surface area (Å²) in [4.78, 5) is 36.1. The Morgan fingerprint density at radius 2 is 2.06 bits per heavy atom. The highest BCUT2D eigenvalue weighted by Gasteiger charge is 2.47. The molecular formula is C26H21ClFN5O3. The third kappa shape index (κ3) is 3.59. The predicted molar refractivity (Wildman–Crippen MR) is 135 cm³/mol. The first-order chi connectivity index (χ1) is 17.3. The van der Waals surface area contributed by atoms with Crippen LogP contribution in [0.5, 0.6) is 11.5 Å². The Balaban J connectivity index is 1.37. The van der Waals surface area contributed by atoms with Crippen LogP contribution in [0.2, 0.25) is 5.02 Å². The number of benzene rings is 2. The number of amides is 1. The van der Waals surface area contributed by atoms with Gasteiger partial charge in [0.25, 0.3) is 5.91 Å². The Kier molecular flexibility index (Phi) is 5.20. The Morgan fingerprint density at radius 3 is 2.81 bits per heavy atom. The first-order valence-electron chi connectivity index (χ1n) is 11.4. The van der Waals surface area contributed by atoms with Crippen molar-refractivity contribution in [3.63, 3.8) is 0 Å². The molecule has 2 aliphatic rings. The summed E-state index contributed by atoms with van der Waals surface area (Å²) in [5, 5.41) is 7.13. The maximum Gasteiger partial charge on any atom is 0.251 e. The number of likely N-dealkylation sites (tertiary alicyclic amines) is 1. The summed E-state index contributed by atoms with van der Waals surface area (Å²) in [6.07, 6.45) is 3.80. The van der Waals surface area contributed by atoms with Crippen LogP contribution >= 0.6 is 11.6 Å². The summed E-state index contributed by atoms with van der Waals surface area (Å²) in [5.41, 5.74) is 1.52. The number of likely N-dealkylation sites (N-methyl/N-ethyl adjacent to an activating group) is 1. The number of carbonyl (C=O) groups excluding carboxylic acids is 2. The Labute approximate surface area is 210 Å². The lowest BCUT2D eigenvalue weighted by Crippen LogP contribution is -2.54. The summed E-state index contributed by atoms with van der Waals surface area (Å²) >= 11 is 6.48. The van der Waals surface area contributed by atoms with Crippen molar-refractivity contribution < 1.29 is 18.7 Å². The minimum absolute atomic E-state index is 0.0570. The molecule has 4 heterocycles. The number of pyridine rings is 1. The van der Waals surface area contributed by atoms with E-state index in [1.807, 2.05) is 7.05 Å². The number of fused-ring (bicyclic) bond motifs is 3. The number of hydrogen-bond donors (Lipinski definition) is 3. The smallest absolute Gasteiger partial charge is 0.251 e. The van der Waals surface area contributed by atoms with Crippen LogP contribution in [0, 0.1) is 5.82 Å². The maximum absolute atomic E-state index is 14.0. The number of nitrogens with zero attached hydrogens (tertiary/aromatic N) is 2. The molecule has 0 radical (unpaired) electrons. The van der Waals surface area contributed by atoms with Gasteiger partial charge in [-0.3, -0.25) is 9.59 Å². The fraction of sp³-hybridized carbons (Fsp3) is 0.192. The lowest BCUT2D eigenvalue weighted by atomic mass is 9.92. The summed E-state index contributed by atoms with van der Waals surface area (Å²) in [6.45, 7) is 1.32. The zero-order valence-corrected chi connectivity index (χ0v) is 19.9. The van der Waals surface area contributed by atoms with Gasteiger partial charge in [-0.1, -0.05) is 23.7 Å². The molecule has 0 bridgehead atoms. The van der Waals surface area contributed by atoms with Crippen LogP contribution in [0.3, 0.4) is 0 Å². The third-order valence-corrected chi connectivity index (χ3v) is 7.02. The van der Waals surface area contributed by atoms with Gasteiger partial charge >= 0.3 is 0 Å². The Morgan fingerprint density at radius 1 is 1.22 bits per heavy atom. The lowest BCUT2D eigenvalue weighted by molar-refractivity contribution is -0.120. The number of anilines is 2. The van der Waals surface area contributed by atoms with E-state index < -0.39 is 11.4 Å². The van der Waals surface area contributed by atoms with E-state index in [1.54, 1.807) is 36.7 Å². The largest absolute Gasteiger partial charge is 0.454 e. The molecule has 2 aromatic heterocycles. The van der Waals surface area contributed by atoms with Gasteiger partial charge in [0.2, 0.25) is 0 Å². The number of halogens is 2. The third-order valence-electron chi connectivity index (χ3n) is 6.70. The Bertz CT molecular complexity index is 1550. The molecule has 6 rings (SSSR count). The quantitative estimate of drug-likeness (QED) is 0.344. The minimum atomic E-state index is -0.781. The normalized spacial score (nSPS) is 19.2. The van der Waals surface area contributed by atoms with E-state index in [1.165, 1.54) is 18.2 Å². The molecule has 1 spiro atoms. The van der Waals surface area contributed by atoms with Crippen molar-refractivity contribution in [3.05, 3.63) is 76.8 Å². The van der Waals surface area contributed by atoms with Crippen LogP contribution in [-0.4, -0.2) is 52.2 Å². The van der Waals surface area contributed by atoms with E-state index in [0.717, 1.165) is 6.54 Å². The molecule has 1 unspecified atom stereocenters. The molecule has 8 nitrogen and oxygen atoms in total. The zero-order chi connectivity index (χ0) is 25.0. The van der Waals surface area contributed by atoms with Crippen molar-refractivity contribution >= 4 is 45.7 Å². The van der Waals surface area contributed by atoms with Crippen molar-refractivity contribution in [1.29, 1.82) is 0 Å². The molecule has 3 N–H and O–H groups in total. The van der Waals surface area contributed by atoms with Crippen molar-refractivity contribution in [3.8, 4) is 11.5 Å². The molecule has 10 heteroatoms. The fourth-order valence-electron chi connectivity index (χ4n) is 4.87. The predicted octanol–water partition coefficient (Wildman–Crippen LogP) is 4.82. The molecule has 182 valence electrons. The first kappa shape index (κ1) is 22.5. The van der Waals surface area contributed by atoms with Crippen LogP contribution < -0.4 is 15.4 Å². The molecule has 1 fully saturated rings. The minimum Gasteiger partial charge on any atom is -0.454 e. The summed E-state index contributed by atoms with van der Waals surface area (Å²) in [6, 6.07) is 10.6. The standard InChI is InChI=1S/C26H21ClFN5O3/c1-33-9-8-26(13-33)25(35)31-19-12-30-24-21(22(19)32-26)16(11-29-24)23(34)15-7-6-14(10-17(15)27)36-20-5-3-2-4-18(20)28/h2-7,10-12,32H,8-9,13H2,1H3,(H,29,30)(H,31,35). The second kappa shape index (κ2) is 8.32. The number of aromatic amines is 1. The molecule has 1 amide bonds. The Hall–Kier alpha value is -3.95. The van der Waals surface area contributed by atoms with Gasteiger partial charge in [0.15, 0.2) is 17.3 Å². The monoisotopic (exact) mass is 505 g/mol. The van der Waals surface area contributed by atoms with E-state index in [2.05, 4.69) is 25.5 Å². The van der Waals surface area contributed by atoms with Gasteiger partial charge in [-0.05, 0) is 37.7 Å². The van der Waals surface area contributed by atoms with Crippen LogP contribution in [0.4, 0.5) is 15.8 Å². The van der Waals surface area contributed by atoms with Crippen LogP contribution in [0.1, 0.15) is 22.3 Å². The van der Waals surface area contributed by atoms with Gasteiger partial charge in [-0.2, -0.15) is 0 Å². The number of hydrogen-bond acceptors (Lipinski definition) is 6. The van der Waals surface area contributed by atoms with E-state index in [4.69, 9.17) is 16.3 Å². The molecular weight excluding hydrogens is 485 g/mol. The van der Waals surface area contributed by atoms with Crippen LogP contribution in [0.25, 0.3) is 11.0 Å². The number of rotatable bonds is 4. The number of para-hydroxylation sites is 1. The number of carbonyl (C=O) groups is 2. The molecule has 1 saturated heterocycles. The highest BCUT2D eigenvalue weighted by molar-refractivity contribution is 6.36. The average molecular weight is 506 g/mol. The van der Waals surface area contributed by atoms with Crippen LogP contribution in [-0.2, 0) is 4.79 Å². The molecule has 0 saturated carbocycles. The van der Waals surface area contributed by atoms with Gasteiger partial charge in [-0.15, -0.1) is 0 Å². The number of ether oxygens (including phenoxy) is 1. The summed E-state index contributed by atoms with van der Waals surface area (Å²) in [7, 11) is 1.97. The maximum atomic E-state index is 14.0. The summed E-state index contributed by atoms with van der Waals surface area (Å²) in [5.74, 6) is -0.582. The highest BCUT2D eigenvalue weighted by Crippen LogP contribution is 2.41. The first-order valence-corrected chi connectivity index (χ1v) is 11.8. The SMILES string of the molecule is CN1CCC2(C1)Nc1c(cnc3[nH]cc(C(=O)c4ccc(Oc5ccccc5F)cc4Cl)c13)NC2=O. The fourth-order valence-corrected chi connectivity index (χ4v) is 5.12. The molecule has 36 heavy (non-hydrogen) atoms. The van der Waals surface area contributed by atoms with Crippen LogP contribution in [0.15, 0.2) is 54.9 Å². The summed E-state index contributed by atoms with van der Waals surface area (Å²) < 4.78 is 19.5. The second-order valence-electron chi connectivity index (χ2n) is 9.13. The van der Waals surface area contributed by atoms with Gasteiger partial charge in [0.05, 0.1) is 33.5 Å². The van der Waals surface area contributed by atoms with Crippen molar-refractivity contribution in [2.24, 2.45) is 0 Å². The van der Waals surface area contributed by atoms with Crippen molar-refractivity contribution in [1.82, 2.24) is 14.9 Å². The van der Waals surface area contributed by atoms with E-state index >= 15 is 0 Å². The molecule has 2 aliphatic heterocycles. The molecule has 1 atom stereocenters. The average Bonchev–Trinajstić information content (AvgIpc) is 3.46. The van der Waals surface area contributed by atoms with E-state index in [9.17, 15) is 14.0 Å². The topological polar surface area (TPSA) is 99.3 Å².